The molecule has 5 heteroatoms. The molecule has 0 aliphatic carbocycles. The van der Waals surface area contributed by atoms with Gasteiger partial charge in [0.1, 0.15) is 6.07 Å². The summed E-state index contributed by atoms with van der Waals surface area (Å²) in [7, 11) is 0. The minimum Gasteiger partial charge on any atom is -0.307 e. The SMILES string of the molecule is N#Cc1ccc2sc3c(ccc4sc5ccc(-c6cccc(C#N)c6-n6c7ccccc7c7ccccc76)cc5c43)c2c1. The Bertz CT molecular complexity index is 2650. The Balaban J connectivity index is 1.36. The average Bonchev–Trinajstić information content (AvgIpc) is 3.73. The van der Waals surface area contributed by atoms with Crippen molar-refractivity contribution in [1.82, 2.24) is 4.57 Å². The van der Waals surface area contributed by atoms with Gasteiger partial charge in [-0.25, -0.2) is 0 Å². The maximum absolute atomic E-state index is 10.4. The lowest BCUT2D eigenvalue weighted by atomic mass is 9.98. The quantitative estimate of drug-likeness (QED) is 0.204. The first-order valence-electron chi connectivity index (χ1n) is 14.0. The average molecular weight is 582 g/mol. The summed E-state index contributed by atoms with van der Waals surface area (Å²) in [6, 6.07) is 44.8. The molecule has 9 aromatic rings. The van der Waals surface area contributed by atoms with Crippen LogP contribution in [0.15, 0.2) is 115 Å². The van der Waals surface area contributed by atoms with Crippen LogP contribution in [-0.2, 0) is 0 Å². The van der Waals surface area contributed by atoms with Crippen molar-refractivity contribution in [3.63, 3.8) is 0 Å². The van der Waals surface area contributed by atoms with Crippen molar-refractivity contribution in [2.24, 2.45) is 0 Å². The lowest BCUT2D eigenvalue weighted by Gasteiger charge is -2.16. The minimum atomic E-state index is 0.638. The van der Waals surface area contributed by atoms with Crippen molar-refractivity contribution < 1.29 is 0 Å². The van der Waals surface area contributed by atoms with Gasteiger partial charge in [-0.3, -0.25) is 0 Å². The second-order valence-electron chi connectivity index (χ2n) is 10.7. The smallest absolute Gasteiger partial charge is 0.101 e. The Kier molecular flexibility index (Phi) is 5.07. The number of rotatable bonds is 2. The molecule has 0 fully saturated rings. The van der Waals surface area contributed by atoms with Crippen LogP contribution < -0.4 is 0 Å². The van der Waals surface area contributed by atoms with E-state index in [2.05, 4.69) is 108 Å². The molecule has 0 spiro atoms. The molecule has 43 heavy (non-hydrogen) atoms. The predicted octanol–water partition coefficient (Wildman–Crippen LogP) is 10.9. The Morgan fingerprint density at radius 3 is 2.02 bits per heavy atom. The molecule has 0 bridgehead atoms. The fourth-order valence-electron chi connectivity index (χ4n) is 6.60. The molecule has 9 rings (SSSR count). The van der Waals surface area contributed by atoms with Gasteiger partial charge in [-0.05, 0) is 60.2 Å². The highest BCUT2D eigenvalue weighted by Gasteiger charge is 2.20. The standard InChI is InChI=1S/C38H19N3S2/c39-20-22-12-15-33-29(18-22)28-14-17-35-36(38(28)43-33)30-19-23(13-16-34(30)42-35)25-9-5-6-24(21-40)37(25)41-31-10-3-1-7-26(31)27-8-2-4-11-32(27)41/h1-19H. The van der Waals surface area contributed by atoms with Gasteiger partial charge in [0.2, 0.25) is 0 Å². The molecular weight excluding hydrogens is 563 g/mol. The van der Waals surface area contributed by atoms with Gasteiger partial charge < -0.3 is 4.57 Å². The van der Waals surface area contributed by atoms with Gasteiger partial charge >= 0.3 is 0 Å². The summed E-state index contributed by atoms with van der Waals surface area (Å²) in [5.74, 6) is 0. The number of aromatic nitrogens is 1. The van der Waals surface area contributed by atoms with Crippen molar-refractivity contribution >= 4 is 84.8 Å². The zero-order valence-corrected chi connectivity index (χ0v) is 24.3. The lowest BCUT2D eigenvalue weighted by Crippen LogP contribution is -2.00. The van der Waals surface area contributed by atoms with Crippen LogP contribution in [0.1, 0.15) is 11.1 Å². The molecule has 0 unspecified atom stereocenters. The van der Waals surface area contributed by atoms with Gasteiger partial charge in [0, 0.05) is 56.7 Å². The summed E-state index contributed by atoms with van der Waals surface area (Å²) in [6.45, 7) is 0. The molecule has 3 heterocycles. The van der Waals surface area contributed by atoms with Gasteiger partial charge in [-0.2, -0.15) is 10.5 Å². The van der Waals surface area contributed by atoms with Crippen LogP contribution in [-0.4, -0.2) is 4.57 Å². The van der Waals surface area contributed by atoms with Crippen molar-refractivity contribution in [3.05, 3.63) is 126 Å². The van der Waals surface area contributed by atoms with Crippen LogP contribution in [0, 0.1) is 22.7 Å². The van der Waals surface area contributed by atoms with Crippen LogP contribution in [0.25, 0.3) is 79.0 Å². The van der Waals surface area contributed by atoms with Crippen LogP contribution >= 0.6 is 22.7 Å². The van der Waals surface area contributed by atoms with Crippen LogP contribution in [0.5, 0.6) is 0 Å². The number of hydrogen-bond acceptors (Lipinski definition) is 4. The van der Waals surface area contributed by atoms with Crippen molar-refractivity contribution in [3.8, 4) is 29.0 Å². The third-order valence-electron chi connectivity index (χ3n) is 8.47. The van der Waals surface area contributed by atoms with Crippen LogP contribution in [0.4, 0.5) is 0 Å². The molecule has 0 aliphatic heterocycles. The van der Waals surface area contributed by atoms with E-state index in [0.29, 0.717) is 11.1 Å². The second-order valence-corrected chi connectivity index (χ2v) is 12.9. The van der Waals surface area contributed by atoms with Crippen molar-refractivity contribution in [2.45, 2.75) is 0 Å². The zero-order chi connectivity index (χ0) is 28.7. The number of fused-ring (bicyclic) bond motifs is 10. The maximum Gasteiger partial charge on any atom is 0.101 e. The largest absolute Gasteiger partial charge is 0.307 e. The summed E-state index contributed by atoms with van der Waals surface area (Å²) < 4.78 is 7.17. The number of hydrogen-bond donors (Lipinski definition) is 0. The fourth-order valence-corrected chi connectivity index (χ4v) is 9.01. The Morgan fingerprint density at radius 2 is 1.26 bits per heavy atom. The normalized spacial score (nSPS) is 11.7. The van der Waals surface area contributed by atoms with E-state index >= 15 is 0 Å². The van der Waals surface area contributed by atoms with E-state index < -0.39 is 0 Å². The second kappa shape index (κ2) is 9.02. The predicted molar refractivity (Wildman–Crippen MR) is 181 cm³/mol. The first-order chi connectivity index (χ1) is 21.2. The molecule has 0 amide bonds. The van der Waals surface area contributed by atoms with Gasteiger partial charge in [0.25, 0.3) is 0 Å². The fraction of sp³-hybridized carbons (Fsp3) is 0. The maximum atomic E-state index is 10.4. The summed E-state index contributed by atoms with van der Waals surface area (Å²) in [5, 5.41) is 27.0. The zero-order valence-electron chi connectivity index (χ0n) is 22.6. The Labute approximate surface area is 254 Å². The third-order valence-corrected chi connectivity index (χ3v) is 10.8. The van der Waals surface area contributed by atoms with E-state index in [4.69, 9.17) is 0 Å². The highest BCUT2D eigenvalue weighted by Crippen LogP contribution is 2.46. The number of para-hydroxylation sites is 3. The molecule has 6 aromatic carbocycles. The first-order valence-corrected chi connectivity index (χ1v) is 15.6. The molecule has 0 saturated heterocycles. The van der Waals surface area contributed by atoms with E-state index in [1.807, 2.05) is 35.6 Å². The van der Waals surface area contributed by atoms with Crippen molar-refractivity contribution in [1.29, 1.82) is 10.5 Å². The molecule has 0 N–H and O–H groups in total. The molecule has 3 aromatic heterocycles. The monoisotopic (exact) mass is 581 g/mol. The highest BCUT2D eigenvalue weighted by molar-refractivity contribution is 7.29. The van der Waals surface area contributed by atoms with E-state index in [-0.39, 0.29) is 0 Å². The Morgan fingerprint density at radius 1 is 0.535 bits per heavy atom. The number of nitriles is 2. The molecule has 0 aliphatic rings. The molecule has 0 saturated carbocycles. The molecule has 198 valence electrons. The molecular formula is C38H19N3S2. The Hall–Kier alpha value is -5.46. The molecule has 3 nitrogen and oxygen atoms in total. The van der Waals surface area contributed by atoms with E-state index in [9.17, 15) is 10.5 Å². The van der Waals surface area contributed by atoms with Crippen molar-refractivity contribution in [2.75, 3.05) is 0 Å². The first kappa shape index (κ1) is 24.2. The summed E-state index contributed by atoms with van der Waals surface area (Å²) in [6.07, 6.45) is 0. The molecule has 0 radical (unpaired) electrons. The van der Waals surface area contributed by atoms with E-state index in [0.717, 1.165) is 33.2 Å². The number of benzene rings is 6. The van der Waals surface area contributed by atoms with Gasteiger partial charge in [-0.15, -0.1) is 22.7 Å². The molecule has 0 atom stereocenters. The van der Waals surface area contributed by atoms with Crippen LogP contribution in [0.3, 0.4) is 0 Å². The topological polar surface area (TPSA) is 52.5 Å². The highest BCUT2D eigenvalue weighted by atomic mass is 32.1. The minimum absolute atomic E-state index is 0.638. The van der Waals surface area contributed by atoms with Gasteiger partial charge in [0.15, 0.2) is 0 Å². The summed E-state index contributed by atoms with van der Waals surface area (Å²) in [5.41, 5.74) is 6.48. The lowest BCUT2D eigenvalue weighted by molar-refractivity contribution is 1.17. The van der Waals surface area contributed by atoms with Gasteiger partial charge in [0.05, 0.1) is 33.9 Å². The number of thiophene rings is 2. The summed E-state index contributed by atoms with van der Waals surface area (Å²) in [4.78, 5) is 0. The summed E-state index contributed by atoms with van der Waals surface area (Å²) >= 11 is 3.60. The van der Waals surface area contributed by atoms with E-state index in [1.54, 1.807) is 11.3 Å². The number of nitrogens with zero attached hydrogens (tertiary/aromatic N) is 3. The van der Waals surface area contributed by atoms with Crippen LogP contribution in [0.2, 0.25) is 0 Å². The third kappa shape index (κ3) is 3.38. The van der Waals surface area contributed by atoms with Gasteiger partial charge in [-0.1, -0.05) is 60.7 Å². The van der Waals surface area contributed by atoms with E-state index in [1.165, 1.54) is 45.7 Å².